The molecule has 0 saturated heterocycles. The molecule has 0 aliphatic carbocycles. The van der Waals surface area contributed by atoms with E-state index in [1.165, 1.54) is 49.4 Å². The minimum Gasteiger partial charge on any atom is -0.0614 e. The van der Waals surface area contributed by atoms with Gasteiger partial charge >= 0.3 is 0 Å². The molecule has 4 aromatic carbocycles. The van der Waals surface area contributed by atoms with Gasteiger partial charge in [-0.05, 0) is 64.8 Å². The van der Waals surface area contributed by atoms with Crippen LogP contribution in [0.3, 0.4) is 0 Å². The second kappa shape index (κ2) is 9.91. The molecule has 0 amide bonds. The van der Waals surface area contributed by atoms with Crippen molar-refractivity contribution in [3.8, 4) is 0 Å². The average molecular weight is 441 g/mol. The topological polar surface area (TPSA) is 0 Å². The van der Waals surface area contributed by atoms with Gasteiger partial charge in [0.2, 0.25) is 0 Å². The number of aryl methyl sites for hydroxylation is 4. The molecule has 0 fully saturated rings. The molecule has 4 aromatic rings. The van der Waals surface area contributed by atoms with Crippen LogP contribution in [-0.4, -0.2) is 5.90 Å². The van der Waals surface area contributed by atoms with Crippen molar-refractivity contribution >= 4 is 37.1 Å². The zero-order chi connectivity index (χ0) is 21.8. The van der Waals surface area contributed by atoms with Gasteiger partial charge in [0.05, 0.1) is 0 Å². The fraction of sp³-hybridized carbons (Fsp3) is 0.172. The van der Waals surface area contributed by atoms with Crippen LogP contribution in [0.4, 0.5) is 0 Å². The summed E-state index contributed by atoms with van der Waals surface area (Å²) < 4.78 is 0. The highest BCUT2D eigenvalue weighted by Gasteiger charge is 2.23. The Morgan fingerprint density at radius 1 is 0.419 bits per heavy atom. The van der Waals surface area contributed by atoms with Crippen LogP contribution in [0.5, 0.6) is 0 Å². The van der Waals surface area contributed by atoms with Crippen molar-refractivity contribution < 1.29 is 0 Å². The SMILES string of the molecule is Cc1cccc(P(CP(c2cccc(C)c2)c2cccc(C)c2)c2cccc(C)c2)c1. The third kappa shape index (κ3) is 5.51. The van der Waals surface area contributed by atoms with Crippen molar-refractivity contribution in [1.82, 2.24) is 0 Å². The zero-order valence-corrected chi connectivity index (χ0v) is 20.6. The van der Waals surface area contributed by atoms with Crippen molar-refractivity contribution in [3.05, 3.63) is 119 Å². The standard InChI is InChI=1S/C29H30P2/c1-22-9-5-13-26(17-22)30(27-14-6-10-23(2)18-27)21-31(28-15-7-11-24(3)19-28)29-16-8-12-25(4)20-29/h5-20H,21H2,1-4H3. The van der Waals surface area contributed by atoms with E-state index in [0.29, 0.717) is 0 Å². The Balaban J connectivity index is 1.84. The maximum atomic E-state index is 2.40. The molecule has 31 heavy (non-hydrogen) atoms. The molecule has 0 atom stereocenters. The molecule has 0 radical (unpaired) electrons. The lowest BCUT2D eigenvalue weighted by Gasteiger charge is -2.27. The molecule has 0 heterocycles. The lowest BCUT2D eigenvalue weighted by molar-refractivity contribution is 1.49. The van der Waals surface area contributed by atoms with Crippen LogP contribution in [-0.2, 0) is 0 Å². The van der Waals surface area contributed by atoms with Gasteiger partial charge in [-0.1, -0.05) is 119 Å². The molecule has 4 rings (SSSR count). The molecule has 0 N–H and O–H groups in total. The molecule has 156 valence electrons. The molecule has 0 spiro atoms. The van der Waals surface area contributed by atoms with Crippen LogP contribution >= 0.6 is 15.8 Å². The van der Waals surface area contributed by atoms with E-state index in [4.69, 9.17) is 0 Å². The summed E-state index contributed by atoms with van der Waals surface area (Å²) >= 11 is 0. The molecule has 0 aromatic heterocycles. The normalized spacial score (nSPS) is 11.3. The Morgan fingerprint density at radius 2 is 0.677 bits per heavy atom. The van der Waals surface area contributed by atoms with Gasteiger partial charge in [0.1, 0.15) is 0 Å². The maximum Gasteiger partial charge on any atom is 0.00405 e. The first-order valence-corrected chi connectivity index (χ1v) is 13.9. The van der Waals surface area contributed by atoms with Crippen LogP contribution in [0.1, 0.15) is 22.3 Å². The van der Waals surface area contributed by atoms with Crippen LogP contribution in [0.2, 0.25) is 0 Å². The van der Waals surface area contributed by atoms with Gasteiger partial charge in [0.25, 0.3) is 0 Å². The third-order valence-electron chi connectivity index (χ3n) is 5.54. The van der Waals surface area contributed by atoms with E-state index in [1.54, 1.807) is 0 Å². The van der Waals surface area contributed by atoms with Crippen LogP contribution in [0.15, 0.2) is 97.1 Å². The van der Waals surface area contributed by atoms with Gasteiger partial charge in [-0.25, -0.2) is 0 Å². The molecule has 0 aliphatic rings. The summed E-state index contributed by atoms with van der Waals surface area (Å²) in [4.78, 5) is 0. The van der Waals surface area contributed by atoms with E-state index in [9.17, 15) is 0 Å². The van der Waals surface area contributed by atoms with E-state index in [1.807, 2.05) is 0 Å². The van der Waals surface area contributed by atoms with Crippen LogP contribution < -0.4 is 21.2 Å². The molecular weight excluding hydrogens is 410 g/mol. The smallest absolute Gasteiger partial charge is 0.00405 e. The van der Waals surface area contributed by atoms with E-state index < -0.39 is 15.8 Å². The molecule has 2 heteroatoms. The van der Waals surface area contributed by atoms with Crippen LogP contribution in [0.25, 0.3) is 0 Å². The van der Waals surface area contributed by atoms with E-state index >= 15 is 0 Å². The van der Waals surface area contributed by atoms with Crippen molar-refractivity contribution in [3.63, 3.8) is 0 Å². The van der Waals surface area contributed by atoms with Crippen molar-refractivity contribution in [2.24, 2.45) is 0 Å². The first-order chi connectivity index (χ1) is 15.0. The van der Waals surface area contributed by atoms with E-state index in [-0.39, 0.29) is 0 Å². The van der Waals surface area contributed by atoms with Gasteiger partial charge in [0.15, 0.2) is 0 Å². The summed E-state index contributed by atoms with van der Waals surface area (Å²) in [6, 6.07) is 36.6. The van der Waals surface area contributed by atoms with Crippen molar-refractivity contribution in [2.75, 3.05) is 5.90 Å². The molecule has 0 unspecified atom stereocenters. The van der Waals surface area contributed by atoms with Gasteiger partial charge in [-0.3, -0.25) is 0 Å². The molecule has 0 nitrogen and oxygen atoms in total. The van der Waals surface area contributed by atoms with Crippen LogP contribution in [0, 0.1) is 27.7 Å². The number of hydrogen-bond acceptors (Lipinski definition) is 0. The largest absolute Gasteiger partial charge is 0.0614 e. The highest BCUT2D eigenvalue weighted by Crippen LogP contribution is 2.49. The summed E-state index contributed by atoms with van der Waals surface area (Å²) in [5.41, 5.74) is 5.36. The Morgan fingerprint density at radius 3 is 0.903 bits per heavy atom. The zero-order valence-electron chi connectivity index (χ0n) is 18.8. The van der Waals surface area contributed by atoms with Crippen molar-refractivity contribution in [1.29, 1.82) is 0 Å². The van der Waals surface area contributed by atoms with Gasteiger partial charge < -0.3 is 0 Å². The van der Waals surface area contributed by atoms with Gasteiger partial charge in [-0.2, -0.15) is 0 Å². The third-order valence-corrected chi connectivity index (χ3v) is 11.4. The lowest BCUT2D eigenvalue weighted by Crippen LogP contribution is -2.20. The first-order valence-electron chi connectivity index (χ1n) is 10.8. The highest BCUT2D eigenvalue weighted by atomic mass is 31.2. The Kier molecular flexibility index (Phi) is 7.02. The van der Waals surface area contributed by atoms with Gasteiger partial charge in [0, 0.05) is 5.90 Å². The average Bonchev–Trinajstić information content (AvgIpc) is 2.74. The maximum absolute atomic E-state index is 2.40. The fourth-order valence-corrected chi connectivity index (χ4v) is 10.8. The number of benzene rings is 4. The predicted octanol–water partition coefficient (Wildman–Crippen LogP) is 6.44. The second-order valence-corrected chi connectivity index (χ2v) is 13.3. The Labute approximate surface area is 189 Å². The summed E-state index contributed by atoms with van der Waals surface area (Å²) in [7, 11) is -0.921. The number of rotatable bonds is 6. The number of hydrogen-bond donors (Lipinski definition) is 0. The van der Waals surface area contributed by atoms with E-state index in [2.05, 4.69) is 125 Å². The second-order valence-electron chi connectivity index (χ2n) is 8.35. The predicted molar refractivity (Wildman–Crippen MR) is 142 cm³/mol. The first kappa shape index (κ1) is 22.0. The summed E-state index contributed by atoms with van der Waals surface area (Å²) in [5.74, 6) is 1.17. The molecule has 0 bridgehead atoms. The minimum absolute atomic E-state index is 0.460. The molecular formula is C29H30P2. The Bertz CT molecular complexity index is 994. The molecule has 0 aliphatic heterocycles. The minimum atomic E-state index is -0.460. The molecule has 0 saturated carbocycles. The summed E-state index contributed by atoms with van der Waals surface area (Å²) in [6.45, 7) is 8.82. The van der Waals surface area contributed by atoms with Gasteiger partial charge in [-0.15, -0.1) is 0 Å². The monoisotopic (exact) mass is 440 g/mol. The summed E-state index contributed by atoms with van der Waals surface area (Å²) in [6.07, 6.45) is 0. The highest BCUT2D eigenvalue weighted by molar-refractivity contribution is 7.88. The lowest BCUT2D eigenvalue weighted by atomic mass is 10.2. The fourth-order valence-electron chi connectivity index (χ4n) is 3.95. The Hall–Kier alpha value is -2.26. The van der Waals surface area contributed by atoms with Crippen molar-refractivity contribution in [2.45, 2.75) is 27.7 Å². The van der Waals surface area contributed by atoms with E-state index in [0.717, 1.165) is 0 Å². The quantitative estimate of drug-likeness (QED) is 0.303. The summed E-state index contributed by atoms with van der Waals surface area (Å²) in [5, 5.41) is 5.92.